The van der Waals surface area contributed by atoms with Gasteiger partial charge in [-0.2, -0.15) is 5.01 Å². The molecule has 1 saturated heterocycles. The van der Waals surface area contributed by atoms with Crippen molar-refractivity contribution in [1.29, 1.82) is 0 Å². The molecular formula is C52H36N4S. The standard InChI is InChI=1S/C52H36N4S/c1-4-17-34(18-5-1)33-53-50(43-27-16-26-42-39-25-12-15-30-46(39)57-49(42)43)56-51(54-56)55-45-29-14-11-24-38(45)41-32-31-40-37-23-10-13-28-44(37)52(47(40)48(41)55,35-19-6-2-7-20-35)36-21-8-3-9-22-36/h1-33,50-51,54H. The summed E-state index contributed by atoms with van der Waals surface area (Å²) in [7, 11) is 0. The van der Waals surface area contributed by atoms with Crippen molar-refractivity contribution in [2.75, 3.05) is 0 Å². The van der Waals surface area contributed by atoms with Crippen molar-refractivity contribution in [3.05, 3.63) is 228 Å². The van der Waals surface area contributed by atoms with Crippen LogP contribution in [0.1, 0.15) is 45.8 Å². The third-order valence-electron chi connectivity index (χ3n) is 12.1. The van der Waals surface area contributed by atoms with Crippen molar-refractivity contribution in [3.63, 3.8) is 0 Å². The van der Waals surface area contributed by atoms with Crippen molar-refractivity contribution < 1.29 is 0 Å². The maximum atomic E-state index is 5.43. The Kier molecular flexibility index (Phi) is 7.26. The molecule has 1 fully saturated rings. The van der Waals surface area contributed by atoms with Gasteiger partial charge in [-0.3, -0.25) is 4.99 Å². The van der Waals surface area contributed by atoms with E-state index >= 15 is 0 Å². The van der Waals surface area contributed by atoms with Crippen LogP contribution >= 0.6 is 11.3 Å². The van der Waals surface area contributed by atoms with Gasteiger partial charge in [-0.05, 0) is 45.5 Å². The SMILES string of the molecule is C(=NC(c1cccc2c1sc1ccccc12)N1NC1n1c2ccccc2c2ccc3c(c21)C(c1ccccc1)(c1ccccc1)c1ccccc1-3)c1ccccc1. The van der Waals surface area contributed by atoms with Gasteiger partial charge >= 0.3 is 0 Å². The van der Waals surface area contributed by atoms with Gasteiger partial charge in [0.2, 0.25) is 0 Å². The Morgan fingerprint density at radius 2 is 1.21 bits per heavy atom. The Morgan fingerprint density at radius 3 is 2.00 bits per heavy atom. The van der Waals surface area contributed by atoms with Crippen LogP contribution in [0.25, 0.3) is 53.1 Å². The molecule has 0 bridgehead atoms. The number of nitrogens with one attached hydrogen (secondary N) is 1. The second-order valence-corrected chi connectivity index (χ2v) is 16.1. The predicted molar refractivity (Wildman–Crippen MR) is 237 cm³/mol. The average molecular weight is 749 g/mol. The molecular weight excluding hydrogens is 713 g/mol. The first-order valence-electron chi connectivity index (χ1n) is 19.6. The fourth-order valence-corrected chi connectivity index (χ4v) is 11.0. The van der Waals surface area contributed by atoms with Gasteiger partial charge in [0.15, 0.2) is 6.29 Å². The number of hydrazine groups is 1. The Labute approximate surface area is 334 Å². The van der Waals surface area contributed by atoms with Crippen LogP contribution in [0.5, 0.6) is 0 Å². The number of hydrogen-bond acceptors (Lipinski definition) is 4. The quantitative estimate of drug-likeness (QED) is 0.130. The summed E-state index contributed by atoms with van der Waals surface area (Å²) in [5.74, 6) is 0. The number of nitrogens with zero attached hydrogens (tertiary/aromatic N) is 3. The van der Waals surface area contributed by atoms with Gasteiger partial charge in [-0.25, -0.2) is 5.43 Å². The monoisotopic (exact) mass is 748 g/mol. The molecule has 8 aromatic carbocycles. The topological polar surface area (TPSA) is 42.2 Å². The van der Waals surface area contributed by atoms with Crippen LogP contribution in [0.3, 0.4) is 0 Å². The summed E-state index contributed by atoms with van der Waals surface area (Å²) in [6, 6.07) is 70.8. The molecule has 12 rings (SSSR count). The first-order chi connectivity index (χ1) is 28.3. The van der Waals surface area contributed by atoms with Crippen LogP contribution < -0.4 is 5.43 Å². The number of rotatable bonds is 7. The number of hydrogen-bond donors (Lipinski definition) is 1. The lowest BCUT2D eigenvalue weighted by Crippen LogP contribution is -2.29. The summed E-state index contributed by atoms with van der Waals surface area (Å²) in [6.45, 7) is 0. The van der Waals surface area contributed by atoms with E-state index in [1.165, 1.54) is 80.9 Å². The van der Waals surface area contributed by atoms with E-state index in [0.717, 1.165) is 5.56 Å². The molecule has 0 amide bonds. The number of aliphatic imine (C=N–C) groups is 1. The summed E-state index contributed by atoms with van der Waals surface area (Å²) in [6.07, 6.45) is 1.59. The minimum absolute atomic E-state index is 0.158. The highest BCUT2D eigenvalue weighted by molar-refractivity contribution is 7.26. The fraction of sp³-hybridized carbons (Fsp3) is 0.0577. The molecule has 2 aromatic heterocycles. The number of benzene rings is 8. The lowest BCUT2D eigenvalue weighted by molar-refractivity contribution is 0.351. The second-order valence-electron chi connectivity index (χ2n) is 15.1. The van der Waals surface area contributed by atoms with Crippen molar-refractivity contribution in [2.24, 2.45) is 4.99 Å². The number of fused-ring (bicyclic) bond motifs is 10. The molecule has 2 aliphatic rings. The molecule has 10 aromatic rings. The van der Waals surface area contributed by atoms with Crippen LogP contribution in [0, 0.1) is 0 Å². The average Bonchev–Trinajstić information content (AvgIpc) is 3.70. The van der Waals surface area contributed by atoms with Crippen LogP contribution in [-0.2, 0) is 5.41 Å². The zero-order chi connectivity index (χ0) is 37.5. The summed E-state index contributed by atoms with van der Waals surface area (Å²) in [5, 5.41) is 7.40. The lowest BCUT2D eigenvalue weighted by atomic mass is 9.67. The zero-order valence-corrected chi connectivity index (χ0v) is 31.8. The molecule has 0 saturated carbocycles. The molecule has 270 valence electrons. The highest BCUT2D eigenvalue weighted by Gasteiger charge is 2.50. The molecule has 3 heterocycles. The van der Waals surface area contributed by atoms with Gasteiger partial charge in [0.25, 0.3) is 0 Å². The molecule has 3 atom stereocenters. The first kappa shape index (κ1) is 32.6. The first-order valence-corrected chi connectivity index (χ1v) is 20.4. The summed E-state index contributed by atoms with van der Waals surface area (Å²) in [5.41, 5.74) is 15.7. The third-order valence-corrected chi connectivity index (χ3v) is 13.4. The molecule has 1 aliphatic heterocycles. The van der Waals surface area contributed by atoms with Crippen LogP contribution in [0.2, 0.25) is 0 Å². The normalized spacial score (nSPS) is 17.4. The largest absolute Gasteiger partial charge is 0.309 e. The van der Waals surface area contributed by atoms with Crippen LogP contribution in [-0.4, -0.2) is 15.8 Å². The third kappa shape index (κ3) is 4.77. The molecule has 0 spiro atoms. The van der Waals surface area contributed by atoms with Gasteiger partial charge in [0, 0.05) is 48.3 Å². The van der Waals surface area contributed by atoms with E-state index in [4.69, 9.17) is 4.99 Å². The van der Waals surface area contributed by atoms with E-state index in [-0.39, 0.29) is 12.5 Å². The van der Waals surface area contributed by atoms with Gasteiger partial charge in [0.05, 0.1) is 16.4 Å². The number of aromatic nitrogens is 1. The summed E-state index contributed by atoms with van der Waals surface area (Å²) < 4.78 is 5.12. The van der Waals surface area contributed by atoms with E-state index in [1.807, 2.05) is 17.6 Å². The van der Waals surface area contributed by atoms with Gasteiger partial charge in [-0.1, -0.05) is 182 Å². The van der Waals surface area contributed by atoms with Crippen LogP contribution in [0.4, 0.5) is 0 Å². The van der Waals surface area contributed by atoms with E-state index in [1.54, 1.807) is 0 Å². The number of thiophene rings is 1. The van der Waals surface area contributed by atoms with E-state index in [9.17, 15) is 0 Å². The summed E-state index contributed by atoms with van der Waals surface area (Å²) >= 11 is 1.86. The highest BCUT2D eigenvalue weighted by Crippen LogP contribution is 2.59. The highest BCUT2D eigenvalue weighted by atomic mass is 32.1. The predicted octanol–water partition coefficient (Wildman–Crippen LogP) is 12.6. The van der Waals surface area contributed by atoms with E-state index < -0.39 is 5.41 Å². The molecule has 57 heavy (non-hydrogen) atoms. The van der Waals surface area contributed by atoms with Gasteiger partial charge in [0.1, 0.15) is 6.17 Å². The Morgan fingerprint density at radius 1 is 0.561 bits per heavy atom. The molecule has 4 nitrogen and oxygen atoms in total. The second kappa shape index (κ2) is 12.7. The van der Waals surface area contributed by atoms with Crippen molar-refractivity contribution >= 4 is 59.5 Å². The molecule has 1 N–H and O–H groups in total. The van der Waals surface area contributed by atoms with Crippen LogP contribution in [0.15, 0.2) is 199 Å². The minimum atomic E-state index is -0.548. The van der Waals surface area contributed by atoms with Crippen molar-refractivity contribution in [2.45, 2.75) is 17.9 Å². The van der Waals surface area contributed by atoms with Gasteiger partial charge in [-0.15, -0.1) is 11.3 Å². The Hall–Kier alpha value is -6.63. The van der Waals surface area contributed by atoms with Gasteiger partial charge < -0.3 is 4.57 Å². The van der Waals surface area contributed by atoms with E-state index in [0.29, 0.717) is 0 Å². The van der Waals surface area contributed by atoms with Crippen molar-refractivity contribution in [1.82, 2.24) is 15.0 Å². The van der Waals surface area contributed by atoms with Crippen molar-refractivity contribution in [3.8, 4) is 11.1 Å². The Balaban J connectivity index is 1.13. The molecule has 5 heteroatoms. The number of para-hydroxylation sites is 1. The molecule has 1 aliphatic carbocycles. The fourth-order valence-electron chi connectivity index (χ4n) is 9.73. The molecule has 3 unspecified atom stereocenters. The lowest BCUT2D eigenvalue weighted by Gasteiger charge is -2.34. The smallest absolute Gasteiger partial charge is 0.169 e. The Bertz CT molecular complexity index is 3140. The van der Waals surface area contributed by atoms with E-state index in [2.05, 4.69) is 209 Å². The zero-order valence-electron chi connectivity index (χ0n) is 31.0. The maximum Gasteiger partial charge on any atom is 0.169 e. The maximum absolute atomic E-state index is 5.43. The summed E-state index contributed by atoms with van der Waals surface area (Å²) in [4.78, 5) is 5.43. The molecule has 0 radical (unpaired) electrons. The minimum Gasteiger partial charge on any atom is -0.309 e.